The second-order valence-electron chi connectivity index (χ2n) is 6.71. The average Bonchev–Trinajstić information content (AvgIpc) is 3.31. The number of benzene rings is 1. The molecule has 0 fully saturated rings. The number of aromatic nitrogens is 5. The predicted molar refractivity (Wildman–Crippen MR) is 111 cm³/mol. The van der Waals surface area contributed by atoms with Crippen LogP contribution in [-0.2, 0) is 6.54 Å². The summed E-state index contributed by atoms with van der Waals surface area (Å²) in [4.78, 5) is 6.28. The van der Waals surface area contributed by atoms with Crippen LogP contribution in [0.1, 0.15) is 24.0 Å². The van der Waals surface area contributed by atoms with Crippen molar-refractivity contribution in [3.8, 4) is 11.4 Å². The molecular formula is C20H21FN6OS. The summed E-state index contributed by atoms with van der Waals surface area (Å²) in [5, 5.41) is 16.2. The first-order valence-electron chi connectivity index (χ1n) is 9.23. The molecule has 0 radical (unpaired) electrons. The highest BCUT2D eigenvalue weighted by Gasteiger charge is 2.21. The Morgan fingerprint density at radius 1 is 1.24 bits per heavy atom. The molecule has 9 heteroatoms. The molecule has 0 N–H and O–H groups in total. The lowest BCUT2D eigenvalue weighted by atomic mass is 10.2. The van der Waals surface area contributed by atoms with Gasteiger partial charge in [-0.15, -0.1) is 16.4 Å². The van der Waals surface area contributed by atoms with Crippen LogP contribution in [0.2, 0.25) is 0 Å². The van der Waals surface area contributed by atoms with E-state index < -0.39 is 5.82 Å². The van der Waals surface area contributed by atoms with E-state index in [1.165, 1.54) is 6.07 Å². The van der Waals surface area contributed by atoms with Gasteiger partial charge in [-0.1, -0.05) is 0 Å². The Morgan fingerprint density at radius 2 is 2.07 bits per heavy atom. The quantitative estimate of drug-likeness (QED) is 0.476. The molecule has 7 nitrogen and oxygen atoms in total. The number of hydrogen-bond acceptors (Lipinski definition) is 7. The Bertz CT molecular complexity index is 1160. The maximum absolute atomic E-state index is 14.8. The molecule has 150 valence electrons. The highest BCUT2D eigenvalue weighted by atomic mass is 32.1. The number of anilines is 1. The molecule has 0 saturated heterocycles. The number of ether oxygens (including phenoxy) is 1. The molecule has 0 aliphatic heterocycles. The minimum absolute atomic E-state index is 0.356. The van der Waals surface area contributed by atoms with E-state index in [0.29, 0.717) is 35.9 Å². The topological polar surface area (TPSA) is 69.0 Å². The zero-order valence-corrected chi connectivity index (χ0v) is 17.5. The van der Waals surface area contributed by atoms with Gasteiger partial charge in [0, 0.05) is 18.5 Å². The van der Waals surface area contributed by atoms with Crippen molar-refractivity contribution in [2.45, 2.75) is 27.3 Å². The monoisotopic (exact) mass is 412 g/mol. The van der Waals surface area contributed by atoms with Crippen molar-refractivity contribution in [2.75, 3.05) is 18.6 Å². The number of fused-ring (bicyclic) bond motifs is 1. The molecule has 1 aromatic carbocycles. The molecular weight excluding hydrogens is 391 g/mol. The Labute approximate surface area is 171 Å². The predicted octanol–water partition coefficient (Wildman–Crippen LogP) is 4.06. The summed E-state index contributed by atoms with van der Waals surface area (Å²) >= 11 is 1.55. The number of thiazole rings is 1. The number of rotatable bonds is 6. The summed E-state index contributed by atoms with van der Waals surface area (Å²) < 4.78 is 21.8. The summed E-state index contributed by atoms with van der Waals surface area (Å²) in [6.45, 7) is 6.72. The maximum Gasteiger partial charge on any atom is 0.179 e. The number of aryl methyl sites for hydroxylation is 2. The van der Waals surface area contributed by atoms with Gasteiger partial charge in [0.25, 0.3) is 0 Å². The Hall–Kier alpha value is -3.07. The molecule has 3 aromatic heterocycles. The Morgan fingerprint density at radius 3 is 2.76 bits per heavy atom. The SMILES string of the molecule is CCOc1ccc(-n2nc3c(N(C)Cc4cscn4)nnc(C)c3c2C)c(F)c1. The van der Waals surface area contributed by atoms with Gasteiger partial charge in [0.2, 0.25) is 0 Å². The van der Waals surface area contributed by atoms with Crippen LogP contribution in [0.3, 0.4) is 0 Å². The largest absolute Gasteiger partial charge is 0.494 e. The number of hydrogen-bond donors (Lipinski definition) is 0. The van der Waals surface area contributed by atoms with Crippen molar-refractivity contribution in [1.82, 2.24) is 25.0 Å². The van der Waals surface area contributed by atoms with Crippen LogP contribution in [-0.4, -0.2) is 38.6 Å². The van der Waals surface area contributed by atoms with Crippen molar-refractivity contribution < 1.29 is 9.13 Å². The van der Waals surface area contributed by atoms with E-state index in [9.17, 15) is 4.39 Å². The molecule has 0 unspecified atom stereocenters. The zero-order chi connectivity index (χ0) is 20.5. The minimum Gasteiger partial charge on any atom is -0.494 e. The third-order valence-electron chi connectivity index (χ3n) is 4.69. The summed E-state index contributed by atoms with van der Waals surface area (Å²) in [5.74, 6) is 0.723. The van der Waals surface area contributed by atoms with Crippen molar-refractivity contribution in [2.24, 2.45) is 0 Å². The summed E-state index contributed by atoms with van der Waals surface area (Å²) in [6.07, 6.45) is 0. The summed E-state index contributed by atoms with van der Waals surface area (Å²) in [6, 6.07) is 4.80. The highest BCUT2D eigenvalue weighted by Crippen LogP contribution is 2.30. The molecule has 4 aromatic rings. The van der Waals surface area contributed by atoms with Crippen molar-refractivity contribution >= 4 is 28.1 Å². The van der Waals surface area contributed by atoms with E-state index in [4.69, 9.17) is 9.84 Å². The fourth-order valence-corrected chi connectivity index (χ4v) is 3.90. The van der Waals surface area contributed by atoms with E-state index >= 15 is 0 Å². The Kier molecular flexibility index (Phi) is 5.14. The summed E-state index contributed by atoms with van der Waals surface area (Å²) in [5.41, 5.74) is 5.34. The Balaban J connectivity index is 1.81. The standard InChI is InChI=1S/C20H21FN6OS/c1-5-28-15-6-7-17(16(21)8-15)27-13(3)18-12(2)23-24-20(19(18)25-27)26(4)9-14-10-29-11-22-14/h6-8,10-11H,5,9H2,1-4H3. The van der Waals surface area contributed by atoms with E-state index in [1.54, 1.807) is 33.7 Å². The number of nitrogens with zero attached hydrogens (tertiary/aromatic N) is 6. The second kappa shape index (κ2) is 7.75. The van der Waals surface area contributed by atoms with Gasteiger partial charge in [-0.2, -0.15) is 10.2 Å². The molecule has 0 atom stereocenters. The van der Waals surface area contributed by atoms with E-state index in [2.05, 4.69) is 15.2 Å². The fraction of sp³-hybridized carbons (Fsp3) is 0.300. The minimum atomic E-state index is -0.400. The van der Waals surface area contributed by atoms with Gasteiger partial charge in [-0.3, -0.25) is 0 Å². The van der Waals surface area contributed by atoms with Crippen LogP contribution >= 0.6 is 11.3 Å². The molecule has 4 rings (SSSR count). The first-order chi connectivity index (χ1) is 14.0. The van der Waals surface area contributed by atoms with Crippen LogP contribution in [0.5, 0.6) is 5.75 Å². The van der Waals surface area contributed by atoms with Crippen molar-refractivity contribution in [1.29, 1.82) is 0 Å². The van der Waals surface area contributed by atoms with Gasteiger partial charge in [0.15, 0.2) is 11.6 Å². The van der Waals surface area contributed by atoms with Crippen molar-refractivity contribution in [3.63, 3.8) is 0 Å². The second-order valence-corrected chi connectivity index (χ2v) is 7.43. The van der Waals surface area contributed by atoms with Gasteiger partial charge < -0.3 is 9.64 Å². The first kappa shape index (κ1) is 19.3. The van der Waals surface area contributed by atoms with Crippen LogP contribution in [0.15, 0.2) is 29.1 Å². The lowest BCUT2D eigenvalue weighted by Crippen LogP contribution is -2.19. The van der Waals surface area contributed by atoms with E-state index in [-0.39, 0.29) is 0 Å². The van der Waals surface area contributed by atoms with Crippen LogP contribution in [0.4, 0.5) is 10.2 Å². The lowest BCUT2D eigenvalue weighted by molar-refractivity contribution is 0.338. The lowest BCUT2D eigenvalue weighted by Gasteiger charge is -2.16. The molecule has 0 bridgehead atoms. The molecule has 29 heavy (non-hydrogen) atoms. The van der Waals surface area contributed by atoms with Crippen LogP contribution in [0.25, 0.3) is 16.6 Å². The highest BCUT2D eigenvalue weighted by molar-refractivity contribution is 7.07. The van der Waals surface area contributed by atoms with Gasteiger partial charge in [0.05, 0.1) is 41.1 Å². The van der Waals surface area contributed by atoms with E-state index in [1.807, 2.05) is 38.1 Å². The summed E-state index contributed by atoms with van der Waals surface area (Å²) in [7, 11) is 1.92. The molecule has 0 aliphatic rings. The number of halogens is 1. The fourth-order valence-electron chi connectivity index (χ4n) is 3.35. The van der Waals surface area contributed by atoms with Gasteiger partial charge >= 0.3 is 0 Å². The maximum atomic E-state index is 14.8. The van der Waals surface area contributed by atoms with Gasteiger partial charge in [-0.25, -0.2) is 14.1 Å². The molecule has 3 heterocycles. The molecule has 0 spiro atoms. The van der Waals surface area contributed by atoms with E-state index in [0.717, 1.165) is 22.5 Å². The zero-order valence-electron chi connectivity index (χ0n) is 16.7. The van der Waals surface area contributed by atoms with Crippen molar-refractivity contribution in [3.05, 3.63) is 52.0 Å². The van der Waals surface area contributed by atoms with Crippen LogP contribution < -0.4 is 9.64 Å². The average molecular weight is 412 g/mol. The third kappa shape index (κ3) is 3.53. The third-order valence-corrected chi connectivity index (χ3v) is 5.32. The molecule has 0 amide bonds. The molecule has 0 saturated carbocycles. The smallest absolute Gasteiger partial charge is 0.179 e. The van der Waals surface area contributed by atoms with Crippen LogP contribution in [0, 0.1) is 19.7 Å². The van der Waals surface area contributed by atoms with Gasteiger partial charge in [-0.05, 0) is 32.9 Å². The molecule has 0 aliphatic carbocycles. The first-order valence-corrected chi connectivity index (χ1v) is 10.2. The normalized spacial score (nSPS) is 11.2. The van der Waals surface area contributed by atoms with Gasteiger partial charge in [0.1, 0.15) is 17.0 Å².